The van der Waals surface area contributed by atoms with Gasteiger partial charge in [0.2, 0.25) is 0 Å². The van der Waals surface area contributed by atoms with Gasteiger partial charge in [-0.1, -0.05) is 32.9 Å². The van der Waals surface area contributed by atoms with Crippen LogP contribution in [0.5, 0.6) is 0 Å². The van der Waals surface area contributed by atoms with Crippen molar-refractivity contribution in [3.63, 3.8) is 0 Å². The van der Waals surface area contributed by atoms with Crippen molar-refractivity contribution in [1.82, 2.24) is 4.98 Å². The molecule has 1 heterocycles. The maximum absolute atomic E-state index is 10.9. The van der Waals surface area contributed by atoms with Gasteiger partial charge < -0.3 is 0 Å². The van der Waals surface area contributed by atoms with Crippen molar-refractivity contribution < 1.29 is 4.79 Å². The minimum absolute atomic E-state index is 0.0455. The summed E-state index contributed by atoms with van der Waals surface area (Å²) >= 11 is 1.61. The van der Waals surface area contributed by atoms with Gasteiger partial charge in [0.05, 0.1) is 15.2 Å². The molecular formula is C12H13NOS. The van der Waals surface area contributed by atoms with Crippen LogP contribution in [0.3, 0.4) is 0 Å². The van der Waals surface area contributed by atoms with E-state index in [0.717, 1.165) is 27.1 Å². The van der Waals surface area contributed by atoms with E-state index in [-0.39, 0.29) is 5.41 Å². The van der Waals surface area contributed by atoms with Crippen LogP contribution in [0.1, 0.15) is 36.1 Å². The van der Waals surface area contributed by atoms with Crippen molar-refractivity contribution in [3.8, 4) is 0 Å². The summed E-state index contributed by atoms with van der Waals surface area (Å²) in [6.07, 6.45) is 0.896. The number of fused-ring (bicyclic) bond motifs is 1. The van der Waals surface area contributed by atoms with Crippen LogP contribution in [0.25, 0.3) is 10.2 Å². The first-order valence-corrected chi connectivity index (χ1v) is 5.69. The van der Waals surface area contributed by atoms with Crippen LogP contribution >= 0.6 is 11.3 Å². The highest BCUT2D eigenvalue weighted by Gasteiger charge is 2.19. The number of hydrogen-bond acceptors (Lipinski definition) is 3. The first-order valence-electron chi connectivity index (χ1n) is 4.87. The number of carbonyl (C=O) groups is 1. The molecule has 78 valence electrons. The number of rotatable bonds is 1. The molecule has 0 amide bonds. The van der Waals surface area contributed by atoms with Gasteiger partial charge in [0, 0.05) is 11.0 Å². The molecule has 1 aromatic carbocycles. The third-order valence-electron chi connectivity index (χ3n) is 2.21. The Labute approximate surface area is 93.0 Å². The highest BCUT2D eigenvalue weighted by Crippen LogP contribution is 2.32. The average molecular weight is 219 g/mol. The third kappa shape index (κ3) is 1.79. The lowest BCUT2D eigenvalue weighted by molar-refractivity contribution is 0.112. The van der Waals surface area contributed by atoms with E-state index in [4.69, 9.17) is 0 Å². The van der Waals surface area contributed by atoms with Crippen LogP contribution in [0.4, 0.5) is 0 Å². The Morgan fingerprint density at radius 2 is 2.07 bits per heavy atom. The minimum Gasteiger partial charge on any atom is -0.298 e. The Morgan fingerprint density at radius 3 is 2.67 bits per heavy atom. The molecule has 0 aliphatic heterocycles. The molecule has 0 aliphatic carbocycles. The molecule has 0 unspecified atom stereocenters. The molecule has 0 saturated heterocycles. The molecule has 0 fully saturated rings. The first kappa shape index (κ1) is 10.3. The number of aromatic nitrogens is 1. The number of nitrogens with zero attached hydrogens (tertiary/aromatic N) is 1. The molecule has 2 rings (SSSR count). The summed E-state index contributed by atoms with van der Waals surface area (Å²) in [6, 6.07) is 5.66. The fourth-order valence-electron chi connectivity index (χ4n) is 1.38. The Bertz CT molecular complexity index is 508. The van der Waals surface area contributed by atoms with E-state index >= 15 is 0 Å². The van der Waals surface area contributed by atoms with Crippen LogP contribution in [0, 0.1) is 0 Å². The molecule has 0 aliphatic rings. The van der Waals surface area contributed by atoms with Crippen LogP contribution < -0.4 is 0 Å². The predicted molar refractivity (Wildman–Crippen MR) is 63.7 cm³/mol. The average Bonchev–Trinajstić information content (AvgIpc) is 2.59. The number of hydrogen-bond donors (Lipinski definition) is 0. The van der Waals surface area contributed by atoms with E-state index < -0.39 is 0 Å². The highest BCUT2D eigenvalue weighted by molar-refractivity contribution is 7.19. The predicted octanol–water partition coefficient (Wildman–Crippen LogP) is 3.41. The molecule has 0 atom stereocenters. The van der Waals surface area contributed by atoms with Crippen molar-refractivity contribution >= 4 is 27.8 Å². The van der Waals surface area contributed by atoms with Gasteiger partial charge in [-0.15, -0.1) is 11.3 Å². The molecule has 2 nitrogen and oxygen atoms in total. The summed E-state index contributed by atoms with van der Waals surface area (Å²) in [4.78, 5) is 15.4. The zero-order valence-corrected chi connectivity index (χ0v) is 9.89. The Hall–Kier alpha value is -1.22. The van der Waals surface area contributed by atoms with Crippen LogP contribution in [-0.2, 0) is 5.41 Å². The molecule has 0 N–H and O–H groups in total. The maximum atomic E-state index is 10.9. The molecule has 0 radical (unpaired) electrons. The zero-order chi connectivity index (χ0) is 11.1. The second-order valence-corrected chi connectivity index (χ2v) is 5.58. The van der Waals surface area contributed by atoms with E-state index in [1.54, 1.807) is 11.3 Å². The Morgan fingerprint density at radius 1 is 1.33 bits per heavy atom. The quantitative estimate of drug-likeness (QED) is 0.688. The summed E-state index contributed by atoms with van der Waals surface area (Å²) in [5.74, 6) is 0. The molecule has 2 aromatic rings. The lowest BCUT2D eigenvalue weighted by Gasteiger charge is -2.13. The number of thiazole rings is 1. The van der Waals surface area contributed by atoms with Gasteiger partial charge in [0.15, 0.2) is 6.29 Å². The van der Waals surface area contributed by atoms with Gasteiger partial charge in [0.1, 0.15) is 0 Å². The van der Waals surface area contributed by atoms with Gasteiger partial charge in [-0.25, -0.2) is 4.98 Å². The number of benzene rings is 1. The Balaban J connectivity index is 2.70. The van der Waals surface area contributed by atoms with E-state index in [1.165, 1.54) is 0 Å². The third-order valence-corrected chi connectivity index (χ3v) is 3.76. The molecule has 0 spiro atoms. The standard InChI is InChI=1S/C12H13NOS/c1-12(2,3)11-13-9-6-4-5-8(7-14)10(9)15-11/h4-7H,1-3H3. The van der Waals surface area contributed by atoms with Crippen molar-refractivity contribution in [2.75, 3.05) is 0 Å². The monoisotopic (exact) mass is 219 g/mol. The zero-order valence-electron chi connectivity index (χ0n) is 9.07. The Kier molecular flexibility index (Phi) is 2.35. The topological polar surface area (TPSA) is 30.0 Å². The smallest absolute Gasteiger partial charge is 0.151 e. The molecule has 3 heteroatoms. The molecular weight excluding hydrogens is 206 g/mol. The number of carbonyl (C=O) groups excluding carboxylic acids is 1. The first-order chi connectivity index (χ1) is 7.02. The van der Waals surface area contributed by atoms with Gasteiger partial charge in [-0.2, -0.15) is 0 Å². The summed E-state index contributed by atoms with van der Waals surface area (Å²) in [7, 11) is 0. The second kappa shape index (κ2) is 3.42. The van der Waals surface area contributed by atoms with Gasteiger partial charge in [-0.3, -0.25) is 4.79 Å². The SMILES string of the molecule is CC(C)(C)c1nc2cccc(C=O)c2s1. The van der Waals surface area contributed by atoms with Gasteiger partial charge in [-0.05, 0) is 6.07 Å². The van der Waals surface area contributed by atoms with E-state index in [2.05, 4.69) is 25.8 Å². The van der Waals surface area contributed by atoms with E-state index in [0.29, 0.717) is 0 Å². The lowest BCUT2D eigenvalue weighted by atomic mass is 9.98. The molecule has 0 bridgehead atoms. The normalized spacial score (nSPS) is 11.9. The fourth-order valence-corrected chi connectivity index (χ4v) is 2.48. The second-order valence-electron chi connectivity index (χ2n) is 4.58. The lowest BCUT2D eigenvalue weighted by Crippen LogP contribution is -2.09. The van der Waals surface area contributed by atoms with Crippen molar-refractivity contribution in [1.29, 1.82) is 0 Å². The van der Waals surface area contributed by atoms with Crippen LogP contribution in [0.2, 0.25) is 0 Å². The highest BCUT2D eigenvalue weighted by atomic mass is 32.1. The fraction of sp³-hybridized carbons (Fsp3) is 0.333. The molecule has 1 aromatic heterocycles. The number of aldehydes is 1. The molecule has 0 saturated carbocycles. The molecule has 15 heavy (non-hydrogen) atoms. The summed E-state index contributed by atoms with van der Waals surface area (Å²) in [5.41, 5.74) is 1.71. The van der Waals surface area contributed by atoms with Crippen molar-refractivity contribution in [3.05, 3.63) is 28.8 Å². The maximum Gasteiger partial charge on any atom is 0.151 e. The summed E-state index contributed by atoms with van der Waals surface area (Å²) in [5, 5.41) is 1.08. The minimum atomic E-state index is 0.0455. The van der Waals surface area contributed by atoms with Gasteiger partial charge >= 0.3 is 0 Å². The van der Waals surface area contributed by atoms with E-state index in [9.17, 15) is 4.79 Å². The summed E-state index contributed by atoms with van der Waals surface area (Å²) < 4.78 is 0.998. The van der Waals surface area contributed by atoms with Crippen molar-refractivity contribution in [2.45, 2.75) is 26.2 Å². The van der Waals surface area contributed by atoms with Gasteiger partial charge in [0.25, 0.3) is 0 Å². The van der Waals surface area contributed by atoms with E-state index in [1.807, 2.05) is 18.2 Å². The van der Waals surface area contributed by atoms with Crippen molar-refractivity contribution in [2.24, 2.45) is 0 Å². The van der Waals surface area contributed by atoms with Crippen LogP contribution in [0.15, 0.2) is 18.2 Å². The van der Waals surface area contributed by atoms with Crippen LogP contribution in [-0.4, -0.2) is 11.3 Å². The largest absolute Gasteiger partial charge is 0.298 e. The summed E-state index contributed by atoms with van der Waals surface area (Å²) in [6.45, 7) is 6.39.